The number of carbonyl (C=O) groups excluding carboxylic acids is 1. The largest absolute Gasteiger partial charge is 0.496 e. The monoisotopic (exact) mass is 289 g/mol. The van der Waals surface area contributed by atoms with E-state index in [9.17, 15) is 4.79 Å². The van der Waals surface area contributed by atoms with Gasteiger partial charge in [0.05, 0.1) is 17.8 Å². The van der Waals surface area contributed by atoms with Gasteiger partial charge in [-0.2, -0.15) is 0 Å². The van der Waals surface area contributed by atoms with Gasteiger partial charge in [0.15, 0.2) is 0 Å². The van der Waals surface area contributed by atoms with Crippen molar-refractivity contribution in [3.05, 3.63) is 58.1 Å². The van der Waals surface area contributed by atoms with Gasteiger partial charge in [-0.25, -0.2) is 0 Å². The first-order valence-electron chi connectivity index (χ1n) is 6.23. The predicted octanol–water partition coefficient (Wildman–Crippen LogP) is 4.22. The number of anilines is 1. The van der Waals surface area contributed by atoms with Gasteiger partial charge in [-0.3, -0.25) is 4.79 Å². The second kappa shape index (κ2) is 5.97. The standard InChI is InChI=1S/C16H16ClNO2/c1-10-4-7-14(13(17)8-10)18-16(19)12-6-5-11(2)15(9-12)20-3/h4-9H,1-3H3,(H,18,19). The number of aryl methyl sites for hydroxylation is 2. The van der Waals surface area contributed by atoms with E-state index in [4.69, 9.17) is 16.3 Å². The first-order chi connectivity index (χ1) is 9.51. The number of amides is 1. The van der Waals surface area contributed by atoms with Gasteiger partial charge in [0.25, 0.3) is 5.91 Å². The molecule has 3 nitrogen and oxygen atoms in total. The van der Waals surface area contributed by atoms with Crippen LogP contribution < -0.4 is 10.1 Å². The van der Waals surface area contributed by atoms with Crippen LogP contribution in [0.5, 0.6) is 5.75 Å². The van der Waals surface area contributed by atoms with E-state index in [1.165, 1.54) is 0 Å². The number of rotatable bonds is 3. The number of hydrogen-bond donors (Lipinski definition) is 1. The number of hydrogen-bond acceptors (Lipinski definition) is 2. The van der Waals surface area contributed by atoms with E-state index in [0.29, 0.717) is 22.0 Å². The fourth-order valence-electron chi connectivity index (χ4n) is 1.88. The molecule has 2 rings (SSSR count). The van der Waals surface area contributed by atoms with Crippen molar-refractivity contribution >= 4 is 23.2 Å². The highest BCUT2D eigenvalue weighted by Crippen LogP contribution is 2.24. The Hall–Kier alpha value is -2.00. The maximum absolute atomic E-state index is 12.2. The van der Waals surface area contributed by atoms with Crippen molar-refractivity contribution in [1.82, 2.24) is 0 Å². The second-order valence-electron chi connectivity index (χ2n) is 4.62. The summed E-state index contributed by atoms with van der Waals surface area (Å²) in [6.45, 7) is 3.87. The summed E-state index contributed by atoms with van der Waals surface area (Å²) < 4.78 is 5.22. The minimum Gasteiger partial charge on any atom is -0.496 e. The average molecular weight is 290 g/mol. The minimum absolute atomic E-state index is 0.214. The van der Waals surface area contributed by atoms with Crippen LogP contribution in [0.2, 0.25) is 5.02 Å². The highest BCUT2D eigenvalue weighted by Gasteiger charge is 2.10. The number of ether oxygens (including phenoxy) is 1. The fourth-order valence-corrected chi connectivity index (χ4v) is 2.16. The van der Waals surface area contributed by atoms with Crippen LogP contribution in [0.4, 0.5) is 5.69 Å². The highest BCUT2D eigenvalue weighted by molar-refractivity contribution is 6.34. The number of carbonyl (C=O) groups is 1. The van der Waals surface area contributed by atoms with E-state index in [1.54, 1.807) is 25.3 Å². The fraction of sp³-hybridized carbons (Fsp3) is 0.188. The molecule has 20 heavy (non-hydrogen) atoms. The topological polar surface area (TPSA) is 38.3 Å². The SMILES string of the molecule is COc1cc(C(=O)Nc2ccc(C)cc2Cl)ccc1C. The smallest absolute Gasteiger partial charge is 0.255 e. The molecule has 2 aromatic carbocycles. The van der Waals surface area contributed by atoms with Crippen molar-refractivity contribution in [3.8, 4) is 5.75 Å². The molecule has 0 saturated carbocycles. The van der Waals surface area contributed by atoms with Gasteiger partial charge in [-0.05, 0) is 49.2 Å². The summed E-state index contributed by atoms with van der Waals surface area (Å²) in [5.41, 5.74) is 3.16. The van der Waals surface area contributed by atoms with E-state index in [-0.39, 0.29) is 5.91 Å². The molecule has 0 saturated heterocycles. The summed E-state index contributed by atoms with van der Waals surface area (Å²) >= 11 is 6.11. The second-order valence-corrected chi connectivity index (χ2v) is 5.03. The van der Waals surface area contributed by atoms with Gasteiger partial charge in [0.1, 0.15) is 5.75 Å². The van der Waals surface area contributed by atoms with E-state index in [2.05, 4.69) is 5.32 Å². The Morgan fingerprint density at radius 2 is 1.90 bits per heavy atom. The molecule has 2 aromatic rings. The van der Waals surface area contributed by atoms with Gasteiger partial charge in [0.2, 0.25) is 0 Å². The van der Waals surface area contributed by atoms with Crippen LogP contribution in [0, 0.1) is 13.8 Å². The Kier molecular flexibility index (Phi) is 4.30. The quantitative estimate of drug-likeness (QED) is 0.919. The molecule has 1 amide bonds. The molecule has 0 aliphatic heterocycles. The highest BCUT2D eigenvalue weighted by atomic mass is 35.5. The molecule has 0 fully saturated rings. The molecule has 0 bridgehead atoms. The third kappa shape index (κ3) is 3.11. The number of halogens is 1. The summed E-state index contributed by atoms with van der Waals surface area (Å²) in [5.74, 6) is 0.474. The van der Waals surface area contributed by atoms with E-state index in [1.807, 2.05) is 32.0 Å². The molecule has 0 aliphatic carbocycles. The molecule has 104 valence electrons. The van der Waals surface area contributed by atoms with E-state index < -0.39 is 0 Å². The molecule has 0 atom stereocenters. The van der Waals surface area contributed by atoms with E-state index >= 15 is 0 Å². The lowest BCUT2D eigenvalue weighted by atomic mass is 10.1. The summed E-state index contributed by atoms with van der Waals surface area (Å²) in [7, 11) is 1.58. The van der Waals surface area contributed by atoms with Gasteiger partial charge in [-0.1, -0.05) is 23.7 Å². The van der Waals surface area contributed by atoms with Crippen LogP contribution >= 0.6 is 11.6 Å². The van der Waals surface area contributed by atoms with Gasteiger partial charge < -0.3 is 10.1 Å². The maximum Gasteiger partial charge on any atom is 0.255 e. The van der Waals surface area contributed by atoms with Crippen molar-refractivity contribution in [3.63, 3.8) is 0 Å². The average Bonchev–Trinajstić information content (AvgIpc) is 2.42. The van der Waals surface area contributed by atoms with Crippen LogP contribution in [-0.2, 0) is 0 Å². The molecule has 0 aliphatic rings. The Bertz CT molecular complexity index is 653. The summed E-state index contributed by atoms with van der Waals surface area (Å²) in [6, 6.07) is 10.8. The van der Waals surface area contributed by atoms with Crippen molar-refractivity contribution in [2.24, 2.45) is 0 Å². The third-order valence-corrected chi connectivity index (χ3v) is 3.36. The van der Waals surface area contributed by atoms with Crippen molar-refractivity contribution in [1.29, 1.82) is 0 Å². The zero-order valence-electron chi connectivity index (χ0n) is 11.7. The summed E-state index contributed by atoms with van der Waals surface area (Å²) in [4.78, 5) is 12.2. The van der Waals surface area contributed by atoms with Crippen LogP contribution in [0.1, 0.15) is 21.5 Å². The Labute approximate surface area is 123 Å². The zero-order chi connectivity index (χ0) is 14.7. The minimum atomic E-state index is -0.214. The molecule has 0 heterocycles. The van der Waals surface area contributed by atoms with Crippen LogP contribution in [0.25, 0.3) is 0 Å². The molecule has 1 N–H and O–H groups in total. The number of methoxy groups -OCH3 is 1. The van der Waals surface area contributed by atoms with Crippen LogP contribution in [-0.4, -0.2) is 13.0 Å². The molecule has 0 aromatic heterocycles. The van der Waals surface area contributed by atoms with E-state index in [0.717, 1.165) is 11.1 Å². The van der Waals surface area contributed by atoms with Crippen LogP contribution in [0.15, 0.2) is 36.4 Å². The first kappa shape index (κ1) is 14.4. The molecular formula is C16H16ClNO2. The van der Waals surface area contributed by atoms with Gasteiger partial charge in [0, 0.05) is 5.56 Å². The first-order valence-corrected chi connectivity index (χ1v) is 6.61. The lowest BCUT2D eigenvalue weighted by molar-refractivity contribution is 0.102. The third-order valence-electron chi connectivity index (χ3n) is 3.04. The lowest BCUT2D eigenvalue weighted by Crippen LogP contribution is -2.12. The number of benzene rings is 2. The predicted molar refractivity (Wildman–Crippen MR) is 81.9 cm³/mol. The molecule has 0 unspecified atom stereocenters. The molecule has 4 heteroatoms. The number of nitrogens with one attached hydrogen (secondary N) is 1. The van der Waals surface area contributed by atoms with Crippen LogP contribution in [0.3, 0.4) is 0 Å². The lowest BCUT2D eigenvalue weighted by Gasteiger charge is -2.10. The normalized spacial score (nSPS) is 10.2. The Balaban J connectivity index is 2.24. The molecule has 0 spiro atoms. The van der Waals surface area contributed by atoms with Gasteiger partial charge in [-0.15, -0.1) is 0 Å². The van der Waals surface area contributed by atoms with Crippen molar-refractivity contribution in [2.45, 2.75) is 13.8 Å². The van der Waals surface area contributed by atoms with Gasteiger partial charge >= 0.3 is 0 Å². The van der Waals surface area contributed by atoms with Crippen molar-refractivity contribution in [2.75, 3.05) is 12.4 Å². The Morgan fingerprint density at radius 3 is 2.55 bits per heavy atom. The Morgan fingerprint density at radius 1 is 1.15 bits per heavy atom. The molecule has 0 radical (unpaired) electrons. The van der Waals surface area contributed by atoms with Crippen molar-refractivity contribution < 1.29 is 9.53 Å². The summed E-state index contributed by atoms with van der Waals surface area (Å²) in [6.07, 6.45) is 0. The molecular weight excluding hydrogens is 274 g/mol. The zero-order valence-corrected chi connectivity index (χ0v) is 12.4. The summed E-state index contributed by atoms with van der Waals surface area (Å²) in [5, 5.41) is 3.32. The maximum atomic E-state index is 12.2.